The van der Waals surface area contributed by atoms with E-state index in [-0.39, 0.29) is 6.04 Å². The van der Waals surface area contributed by atoms with Crippen LogP contribution in [-0.4, -0.2) is 39.2 Å². The minimum Gasteiger partial charge on any atom is -0.496 e. The molecule has 17 heavy (non-hydrogen) atoms. The van der Waals surface area contributed by atoms with E-state index in [1.54, 1.807) is 7.11 Å². The summed E-state index contributed by atoms with van der Waals surface area (Å²) in [5.74, 6) is 0.877. The van der Waals surface area contributed by atoms with Crippen LogP contribution in [0.1, 0.15) is 18.5 Å². The third kappa shape index (κ3) is 4.19. The number of nitrogens with zero attached hydrogens (tertiary/aromatic N) is 1. The van der Waals surface area contributed by atoms with Crippen LogP contribution in [0.3, 0.4) is 0 Å². The minimum atomic E-state index is 0.226. The fourth-order valence-corrected chi connectivity index (χ4v) is 2.04. The Kier molecular flexibility index (Phi) is 5.75. The molecule has 0 saturated carbocycles. The maximum atomic E-state index is 6.06. The van der Waals surface area contributed by atoms with E-state index in [4.69, 9.17) is 16.3 Å². The number of rotatable bonds is 6. The van der Waals surface area contributed by atoms with Crippen molar-refractivity contribution in [3.63, 3.8) is 0 Å². The van der Waals surface area contributed by atoms with E-state index in [2.05, 4.69) is 31.2 Å². The van der Waals surface area contributed by atoms with Crippen molar-refractivity contribution in [3.8, 4) is 5.75 Å². The molecule has 0 aliphatic rings. The maximum Gasteiger partial charge on any atom is 0.123 e. The maximum absolute atomic E-state index is 6.06. The molecule has 1 atom stereocenters. The Labute approximate surface area is 109 Å². The van der Waals surface area contributed by atoms with Gasteiger partial charge in [0.2, 0.25) is 0 Å². The van der Waals surface area contributed by atoms with E-state index in [1.165, 1.54) is 0 Å². The van der Waals surface area contributed by atoms with Gasteiger partial charge in [0.15, 0.2) is 0 Å². The van der Waals surface area contributed by atoms with Gasteiger partial charge in [0.1, 0.15) is 5.75 Å². The lowest BCUT2D eigenvalue weighted by Crippen LogP contribution is -2.31. The van der Waals surface area contributed by atoms with E-state index in [0.717, 1.165) is 29.4 Å². The van der Waals surface area contributed by atoms with Gasteiger partial charge in [-0.05, 0) is 38.8 Å². The molecule has 0 spiro atoms. The van der Waals surface area contributed by atoms with E-state index < -0.39 is 0 Å². The van der Waals surface area contributed by atoms with Gasteiger partial charge in [-0.1, -0.05) is 18.5 Å². The Balaban J connectivity index is 3.02. The van der Waals surface area contributed by atoms with Gasteiger partial charge >= 0.3 is 0 Å². The van der Waals surface area contributed by atoms with Crippen LogP contribution >= 0.6 is 11.6 Å². The van der Waals surface area contributed by atoms with Crippen molar-refractivity contribution in [2.45, 2.75) is 13.0 Å². The molecule has 3 nitrogen and oxygen atoms in total. The number of methoxy groups -OCH3 is 1. The Bertz CT molecular complexity index is 355. The Morgan fingerprint density at radius 2 is 2.12 bits per heavy atom. The van der Waals surface area contributed by atoms with Crippen LogP contribution in [0, 0.1) is 0 Å². The smallest absolute Gasteiger partial charge is 0.123 e. The first kappa shape index (κ1) is 14.3. The Hall–Kier alpha value is -0.770. The molecule has 1 unspecified atom stereocenters. The van der Waals surface area contributed by atoms with Crippen LogP contribution in [0.15, 0.2) is 18.2 Å². The first-order valence-corrected chi connectivity index (χ1v) is 6.17. The highest BCUT2D eigenvalue weighted by Crippen LogP contribution is 2.28. The van der Waals surface area contributed by atoms with E-state index >= 15 is 0 Å². The number of hydrogen-bond acceptors (Lipinski definition) is 3. The second kappa shape index (κ2) is 6.84. The van der Waals surface area contributed by atoms with Gasteiger partial charge in [0.05, 0.1) is 7.11 Å². The molecule has 1 aromatic carbocycles. The van der Waals surface area contributed by atoms with Crippen LogP contribution in [0.4, 0.5) is 0 Å². The predicted molar refractivity (Wildman–Crippen MR) is 73.0 cm³/mol. The summed E-state index contributed by atoms with van der Waals surface area (Å²) in [6, 6.07) is 5.96. The topological polar surface area (TPSA) is 24.5 Å². The quantitative estimate of drug-likeness (QED) is 0.847. The monoisotopic (exact) mass is 256 g/mol. The molecule has 0 bridgehead atoms. The Morgan fingerprint density at radius 3 is 2.65 bits per heavy atom. The largest absolute Gasteiger partial charge is 0.496 e. The van der Waals surface area contributed by atoms with Gasteiger partial charge in [-0.3, -0.25) is 0 Å². The van der Waals surface area contributed by atoms with E-state index in [0.29, 0.717) is 0 Å². The first-order valence-electron chi connectivity index (χ1n) is 5.80. The SMILES string of the molecule is CCNC(CN(C)C)c1cc(Cl)ccc1OC. The third-order valence-electron chi connectivity index (χ3n) is 2.57. The lowest BCUT2D eigenvalue weighted by Gasteiger charge is -2.24. The first-order chi connectivity index (χ1) is 8.08. The van der Waals surface area contributed by atoms with Crippen molar-refractivity contribution in [1.29, 1.82) is 0 Å². The molecule has 0 radical (unpaired) electrons. The van der Waals surface area contributed by atoms with Gasteiger partial charge in [0, 0.05) is 23.2 Å². The molecule has 1 rings (SSSR count). The summed E-state index contributed by atoms with van der Waals surface area (Å²) in [6.07, 6.45) is 0. The zero-order chi connectivity index (χ0) is 12.8. The third-order valence-corrected chi connectivity index (χ3v) is 2.80. The molecule has 0 aliphatic carbocycles. The van der Waals surface area contributed by atoms with Crippen LogP contribution in [0.5, 0.6) is 5.75 Å². The second-order valence-corrected chi connectivity index (χ2v) is 4.70. The summed E-state index contributed by atoms with van der Waals surface area (Å²) < 4.78 is 5.39. The van der Waals surface area contributed by atoms with Gasteiger partial charge in [-0.15, -0.1) is 0 Å². The average Bonchev–Trinajstić information content (AvgIpc) is 2.28. The Morgan fingerprint density at radius 1 is 1.41 bits per heavy atom. The molecule has 1 N–H and O–H groups in total. The number of halogens is 1. The van der Waals surface area contributed by atoms with Gasteiger partial charge < -0.3 is 15.0 Å². The summed E-state index contributed by atoms with van der Waals surface area (Å²) in [5, 5.41) is 4.19. The van der Waals surface area contributed by atoms with Crippen LogP contribution in [0.25, 0.3) is 0 Å². The molecule has 0 aromatic heterocycles. The molecular weight excluding hydrogens is 236 g/mol. The number of hydrogen-bond donors (Lipinski definition) is 1. The van der Waals surface area contributed by atoms with Crippen LogP contribution in [-0.2, 0) is 0 Å². The predicted octanol–water partition coefficient (Wildman–Crippen LogP) is 2.56. The highest BCUT2D eigenvalue weighted by molar-refractivity contribution is 6.30. The molecule has 0 aliphatic heterocycles. The molecule has 0 heterocycles. The van der Waals surface area contributed by atoms with E-state index in [9.17, 15) is 0 Å². The molecule has 1 aromatic rings. The molecule has 96 valence electrons. The fourth-order valence-electron chi connectivity index (χ4n) is 1.86. The van der Waals surface area contributed by atoms with Crippen LogP contribution in [0.2, 0.25) is 5.02 Å². The van der Waals surface area contributed by atoms with E-state index in [1.807, 2.05) is 18.2 Å². The molecule has 4 heteroatoms. The highest BCUT2D eigenvalue weighted by Gasteiger charge is 2.16. The van der Waals surface area contributed by atoms with Gasteiger partial charge in [0.25, 0.3) is 0 Å². The molecule has 0 fully saturated rings. The number of ether oxygens (including phenoxy) is 1. The summed E-state index contributed by atoms with van der Waals surface area (Å²) in [4.78, 5) is 2.15. The molecule has 0 amide bonds. The number of benzene rings is 1. The number of likely N-dealkylation sites (N-methyl/N-ethyl adjacent to an activating group) is 2. The van der Waals surface area contributed by atoms with Gasteiger partial charge in [-0.2, -0.15) is 0 Å². The van der Waals surface area contributed by atoms with Gasteiger partial charge in [-0.25, -0.2) is 0 Å². The van der Waals surface area contributed by atoms with Crippen LogP contribution < -0.4 is 10.1 Å². The van der Waals surface area contributed by atoms with Crippen molar-refractivity contribution >= 4 is 11.6 Å². The van der Waals surface area contributed by atoms with Crippen molar-refractivity contribution in [1.82, 2.24) is 10.2 Å². The second-order valence-electron chi connectivity index (χ2n) is 4.26. The summed E-state index contributed by atoms with van der Waals surface area (Å²) >= 11 is 6.06. The van der Waals surface area contributed by atoms with Crippen molar-refractivity contribution in [2.24, 2.45) is 0 Å². The molecule has 0 saturated heterocycles. The standard InChI is InChI=1S/C13H21ClN2O/c1-5-15-12(9-16(2)3)11-8-10(14)6-7-13(11)17-4/h6-8,12,15H,5,9H2,1-4H3. The fraction of sp³-hybridized carbons (Fsp3) is 0.538. The molecular formula is C13H21ClN2O. The lowest BCUT2D eigenvalue weighted by molar-refractivity contribution is 0.334. The van der Waals surface area contributed by atoms with Crippen molar-refractivity contribution in [3.05, 3.63) is 28.8 Å². The minimum absolute atomic E-state index is 0.226. The average molecular weight is 257 g/mol. The zero-order valence-electron chi connectivity index (χ0n) is 11.0. The normalized spacial score (nSPS) is 12.8. The summed E-state index contributed by atoms with van der Waals surface area (Å²) in [5.41, 5.74) is 1.11. The lowest BCUT2D eigenvalue weighted by atomic mass is 10.1. The summed E-state index contributed by atoms with van der Waals surface area (Å²) in [6.45, 7) is 3.92. The zero-order valence-corrected chi connectivity index (χ0v) is 11.7. The number of nitrogens with one attached hydrogen (secondary N) is 1. The summed E-state index contributed by atoms with van der Waals surface area (Å²) in [7, 11) is 5.80. The van der Waals surface area contributed by atoms with Crippen molar-refractivity contribution < 1.29 is 4.74 Å². The van der Waals surface area contributed by atoms with Crippen molar-refractivity contribution in [2.75, 3.05) is 34.3 Å². The highest BCUT2D eigenvalue weighted by atomic mass is 35.5.